The summed E-state index contributed by atoms with van der Waals surface area (Å²) in [6, 6.07) is 16.3. The molecule has 0 aromatic heterocycles. The van der Waals surface area contributed by atoms with Crippen LogP contribution >= 0.6 is 11.8 Å². The highest BCUT2D eigenvalue weighted by Crippen LogP contribution is 2.18. The lowest BCUT2D eigenvalue weighted by molar-refractivity contribution is -0.213. The molecule has 0 saturated heterocycles. The number of hydrogen-bond acceptors (Lipinski definition) is 5. The van der Waals surface area contributed by atoms with Gasteiger partial charge >= 0.3 is 0 Å². The summed E-state index contributed by atoms with van der Waals surface area (Å²) in [7, 11) is -3.44. The number of thioether (sulfide) groups is 1. The molecule has 0 aliphatic heterocycles. The maximum Gasteiger partial charge on any atom is 0.229 e. The number of rotatable bonds is 7. The van der Waals surface area contributed by atoms with Gasteiger partial charge in [0, 0.05) is 22.8 Å². The van der Waals surface area contributed by atoms with Crippen LogP contribution in [-0.2, 0) is 10.0 Å². The minimum Gasteiger partial charge on any atom is -0.858 e. The van der Waals surface area contributed by atoms with Crippen molar-refractivity contribution in [1.29, 1.82) is 0 Å². The number of para-hydroxylation sites is 1. The molecule has 7 heteroatoms. The molecular formula is C16H17N2O3S2-. The molecule has 0 aliphatic carbocycles. The molecule has 2 rings (SSSR count). The standard InChI is InChI=1S/C16H18N2O3S2/c1-23(20,21)18-15-10-6-5-9-14(15)16(19)17-11-12-22-13-7-3-2-4-8-13/h2-10,18H,11-12H2,1H3,(H,17,19)/p-1. The van der Waals surface area contributed by atoms with E-state index in [0.29, 0.717) is 12.3 Å². The van der Waals surface area contributed by atoms with Crippen LogP contribution in [0.1, 0.15) is 5.56 Å². The lowest BCUT2D eigenvalue weighted by Crippen LogP contribution is -2.22. The van der Waals surface area contributed by atoms with Gasteiger partial charge in [-0.3, -0.25) is 9.71 Å². The van der Waals surface area contributed by atoms with Crippen molar-refractivity contribution in [3.05, 3.63) is 60.2 Å². The Balaban J connectivity index is 2.01. The topological polar surface area (TPSA) is 81.6 Å². The molecule has 0 fully saturated rings. The predicted octanol–water partition coefficient (Wildman–Crippen LogP) is 1.96. The first-order chi connectivity index (χ1) is 11.0. The van der Waals surface area contributed by atoms with Crippen molar-refractivity contribution in [1.82, 2.24) is 0 Å². The fraction of sp³-hybridized carbons (Fsp3) is 0.188. The summed E-state index contributed by atoms with van der Waals surface area (Å²) in [5.41, 5.74) is 0.502. The minimum absolute atomic E-state index is 0.250. The van der Waals surface area contributed by atoms with Gasteiger partial charge in [0.05, 0.1) is 11.9 Å². The quantitative estimate of drug-likeness (QED) is 0.358. The number of sulfonamides is 1. The largest absolute Gasteiger partial charge is 0.858 e. The molecule has 0 bridgehead atoms. The first-order valence-electron chi connectivity index (χ1n) is 6.92. The molecule has 0 aliphatic rings. The van der Waals surface area contributed by atoms with Gasteiger partial charge in [-0.1, -0.05) is 36.4 Å². The third-order valence-electron chi connectivity index (χ3n) is 2.81. The molecule has 0 unspecified atom stereocenters. The van der Waals surface area contributed by atoms with Gasteiger partial charge in [-0.2, -0.15) is 0 Å². The first-order valence-corrected chi connectivity index (χ1v) is 9.80. The summed E-state index contributed by atoms with van der Waals surface area (Å²) in [6.45, 7) is 0.367. The molecule has 122 valence electrons. The molecule has 0 amide bonds. The zero-order valence-electron chi connectivity index (χ0n) is 12.6. The number of hydrogen-bond donors (Lipinski definition) is 1. The van der Waals surface area contributed by atoms with E-state index in [1.54, 1.807) is 36.0 Å². The van der Waals surface area contributed by atoms with Gasteiger partial charge < -0.3 is 5.11 Å². The van der Waals surface area contributed by atoms with E-state index in [1.807, 2.05) is 30.3 Å². The van der Waals surface area contributed by atoms with E-state index in [1.165, 1.54) is 0 Å². The fourth-order valence-corrected chi connectivity index (χ4v) is 3.22. The average Bonchev–Trinajstić information content (AvgIpc) is 2.51. The first kappa shape index (κ1) is 17.4. The van der Waals surface area contributed by atoms with Crippen LogP contribution in [0.25, 0.3) is 0 Å². The molecule has 23 heavy (non-hydrogen) atoms. The van der Waals surface area contributed by atoms with Crippen molar-refractivity contribution < 1.29 is 13.5 Å². The lowest BCUT2D eigenvalue weighted by atomic mass is 10.2. The van der Waals surface area contributed by atoms with Crippen LogP contribution in [0.2, 0.25) is 0 Å². The van der Waals surface area contributed by atoms with E-state index < -0.39 is 15.9 Å². The van der Waals surface area contributed by atoms with Gasteiger partial charge in [-0.25, -0.2) is 8.42 Å². The van der Waals surface area contributed by atoms with Crippen LogP contribution in [0, 0.1) is 0 Å². The summed E-state index contributed by atoms with van der Waals surface area (Å²) in [5, 5.41) is 12.2. The summed E-state index contributed by atoms with van der Waals surface area (Å²) >= 11 is 1.61. The second-order valence-corrected chi connectivity index (χ2v) is 7.68. The van der Waals surface area contributed by atoms with E-state index in [0.717, 1.165) is 11.2 Å². The van der Waals surface area contributed by atoms with Crippen molar-refractivity contribution in [3.8, 4) is 0 Å². The second-order valence-electron chi connectivity index (χ2n) is 4.77. The van der Waals surface area contributed by atoms with E-state index in [2.05, 4.69) is 9.71 Å². The average molecular weight is 349 g/mol. The van der Waals surface area contributed by atoms with Crippen LogP contribution in [0.3, 0.4) is 0 Å². The Hall–Kier alpha value is -1.99. The molecule has 5 nitrogen and oxygen atoms in total. The highest BCUT2D eigenvalue weighted by molar-refractivity contribution is 7.99. The van der Waals surface area contributed by atoms with Gasteiger partial charge in [-0.15, -0.1) is 11.8 Å². The van der Waals surface area contributed by atoms with E-state index in [9.17, 15) is 13.5 Å². The van der Waals surface area contributed by atoms with E-state index >= 15 is 0 Å². The Labute approximate surface area is 140 Å². The Bertz CT molecular complexity index is 775. The number of anilines is 1. The Morgan fingerprint density at radius 1 is 1.13 bits per heavy atom. The molecule has 0 spiro atoms. The molecular weight excluding hydrogens is 332 g/mol. The number of nitrogens with one attached hydrogen (secondary N) is 1. The minimum atomic E-state index is -3.44. The monoisotopic (exact) mass is 349 g/mol. The molecule has 2 aromatic carbocycles. The van der Waals surface area contributed by atoms with Gasteiger partial charge in [-0.05, 0) is 24.1 Å². The number of aliphatic imine (C=N–C) groups is 1. The van der Waals surface area contributed by atoms with Crippen molar-refractivity contribution in [2.75, 3.05) is 23.3 Å². The van der Waals surface area contributed by atoms with Gasteiger partial charge in [0.25, 0.3) is 0 Å². The molecule has 0 radical (unpaired) electrons. The van der Waals surface area contributed by atoms with Crippen LogP contribution in [0.4, 0.5) is 5.69 Å². The summed E-state index contributed by atoms with van der Waals surface area (Å²) in [5.74, 6) is 0.252. The molecule has 0 heterocycles. The molecule has 0 atom stereocenters. The molecule has 2 aromatic rings. The summed E-state index contributed by atoms with van der Waals surface area (Å²) in [4.78, 5) is 5.13. The van der Waals surface area contributed by atoms with Crippen LogP contribution in [0.15, 0.2) is 64.5 Å². The van der Waals surface area contributed by atoms with Crippen molar-refractivity contribution in [3.63, 3.8) is 0 Å². The summed E-state index contributed by atoms with van der Waals surface area (Å²) < 4.78 is 25.0. The van der Waals surface area contributed by atoms with E-state index in [-0.39, 0.29) is 11.3 Å². The third-order valence-corrected chi connectivity index (χ3v) is 4.39. The van der Waals surface area contributed by atoms with Gasteiger partial charge in [0.1, 0.15) is 0 Å². The molecule has 0 saturated carbocycles. The summed E-state index contributed by atoms with van der Waals surface area (Å²) in [6.07, 6.45) is 1.04. The number of nitrogens with zero attached hydrogens (tertiary/aromatic N) is 1. The van der Waals surface area contributed by atoms with Crippen LogP contribution in [0.5, 0.6) is 0 Å². The van der Waals surface area contributed by atoms with Crippen molar-refractivity contribution in [2.24, 2.45) is 4.99 Å². The van der Waals surface area contributed by atoms with Gasteiger partial charge in [0.15, 0.2) is 0 Å². The highest BCUT2D eigenvalue weighted by Gasteiger charge is 2.06. The Kier molecular flexibility index (Phi) is 6.06. The smallest absolute Gasteiger partial charge is 0.229 e. The van der Waals surface area contributed by atoms with Crippen LogP contribution < -0.4 is 9.83 Å². The maximum atomic E-state index is 12.2. The zero-order chi connectivity index (χ0) is 16.7. The lowest BCUT2D eigenvalue weighted by Gasteiger charge is -2.16. The Morgan fingerprint density at radius 3 is 2.48 bits per heavy atom. The maximum absolute atomic E-state index is 12.2. The van der Waals surface area contributed by atoms with Crippen LogP contribution in [-0.4, -0.2) is 32.9 Å². The van der Waals surface area contributed by atoms with E-state index in [4.69, 9.17) is 0 Å². The number of benzene rings is 2. The second kappa shape index (κ2) is 8.03. The van der Waals surface area contributed by atoms with Gasteiger partial charge in [0.2, 0.25) is 10.0 Å². The normalized spacial score (nSPS) is 12.1. The predicted molar refractivity (Wildman–Crippen MR) is 93.5 cm³/mol. The zero-order valence-corrected chi connectivity index (χ0v) is 14.2. The third kappa shape index (κ3) is 5.96. The van der Waals surface area contributed by atoms with Crippen molar-refractivity contribution in [2.45, 2.75) is 4.90 Å². The molecule has 1 N–H and O–H groups in total. The highest BCUT2D eigenvalue weighted by atomic mass is 32.2. The SMILES string of the molecule is CS(=O)(=O)Nc1ccccc1C([O-])=NCCSc1ccccc1. The van der Waals surface area contributed by atoms with Crippen molar-refractivity contribution >= 4 is 33.4 Å². The fourth-order valence-electron chi connectivity index (χ4n) is 1.87. The Morgan fingerprint density at radius 2 is 1.78 bits per heavy atom.